The first-order valence-electron chi connectivity index (χ1n) is 4.37. The quantitative estimate of drug-likeness (QED) is 0.521. The van der Waals surface area contributed by atoms with Crippen molar-refractivity contribution < 1.29 is 0 Å². The molecule has 1 heterocycles. The van der Waals surface area contributed by atoms with Crippen LogP contribution in [-0.4, -0.2) is 28.5 Å². The molecule has 0 aliphatic carbocycles. The van der Waals surface area contributed by atoms with Crippen molar-refractivity contribution in [3.8, 4) is 0 Å². The SMILES string of the molecule is CN1CCC(C(C)(C)I)CC1. The van der Waals surface area contributed by atoms with Crippen LogP contribution in [0, 0.1) is 5.92 Å². The number of rotatable bonds is 1. The number of alkyl halides is 1. The molecule has 0 aromatic rings. The molecular formula is C9H18IN. The Balaban J connectivity index is 2.39. The van der Waals surface area contributed by atoms with E-state index in [4.69, 9.17) is 0 Å². The van der Waals surface area contributed by atoms with Crippen molar-refractivity contribution in [1.29, 1.82) is 0 Å². The van der Waals surface area contributed by atoms with E-state index in [1.165, 1.54) is 25.9 Å². The van der Waals surface area contributed by atoms with Crippen LogP contribution in [0.1, 0.15) is 26.7 Å². The Morgan fingerprint density at radius 1 is 1.27 bits per heavy atom. The first kappa shape index (κ1) is 9.78. The molecule has 2 heteroatoms. The second kappa shape index (κ2) is 3.60. The van der Waals surface area contributed by atoms with Crippen LogP contribution in [0.2, 0.25) is 0 Å². The van der Waals surface area contributed by atoms with Crippen molar-refractivity contribution in [1.82, 2.24) is 4.90 Å². The van der Waals surface area contributed by atoms with Crippen molar-refractivity contribution in [2.75, 3.05) is 20.1 Å². The molecule has 0 unspecified atom stereocenters. The molecule has 1 aliphatic rings. The zero-order chi connectivity index (χ0) is 8.48. The van der Waals surface area contributed by atoms with Gasteiger partial charge in [-0.15, -0.1) is 0 Å². The number of halogens is 1. The number of hydrogen-bond acceptors (Lipinski definition) is 1. The Hall–Kier alpha value is 0.690. The van der Waals surface area contributed by atoms with Crippen LogP contribution in [0.15, 0.2) is 0 Å². The summed E-state index contributed by atoms with van der Waals surface area (Å²) in [7, 11) is 2.22. The highest BCUT2D eigenvalue weighted by Crippen LogP contribution is 2.34. The summed E-state index contributed by atoms with van der Waals surface area (Å²) >= 11 is 2.58. The Kier molecular flexibility index (Phi) is 3.20. The largest absolute Gasteiger partial charge is 0.306 e. The molecule has 66 valence electrons. The van der Waals surface area contributed by atoms with Crippen LogP contribution in [-0.2, 0) is 0 Å². The molecular weight excluding hydrogens is 249 g/mol. The standard InChI is InChI=1S/C9H18IN/c1-9(2,10)8-4-6-11(3)7-5-8/h8H,4-7H2,1-3H3. The van der Waals surface area contributed by atoms with Gasteiger partial charge in [0.25, 0.3) is 0 Å². The maximum atomic E-state index is 2.58. The molecule has 0 amide bonds. The van der Waals surface area contributed by atoms with Gasteiger partial charge in [0.15, 0.2) is 0 Å². The highest BCUT2D eigenvalue weighted by atomic mass is 127. The van der Waals surface area contributed by atoms with Crippen LogP contribution in [0.5, 0.6) is 0 Å². The van der Waals surface area contributed by atoms with E-state index in [9.17, 15) is 0 Å². The van der Waals surface area contributed by atoms with Crippen molar-refractivity contribution in [3.63, 3.8) is 0 Å². The predicted octanol–water partition coefficient (Wildman–Crippen LogP) is 2.54. The summed E-state index contributed by atoms with van der Waals surface area (Å²) in [4.78, 5) is 2.43. The first-order chi connectivity index (χ1) is 5.00. The second-order valence-electron chi connectivity index (χ2n) is 4.14. The smallest absolute Gasteiger partial charge is 0.0195 e. The third-order valence-corrected chi connectivity index (χ3v) is 3.57. The van der Waals surface area contributed by atoms with Crippen LogP contribution >= 0.6 is 22.6 Å². The Labute approximate surface area is 83.7 Å². The van der Waals surface area contributed by atoms with Gasteiger partial charge in [-0.2, -0.15) is 0 Å². The summed E-state index contributed by atoms with van der Waals surface area (Å²) in [5.41, 5.74) is 0. The summed E-state index contributed by atoms with van der Waals surface area (Å²) in [6, 6.07) is 0. The molecule has 1 nitrogen and oxygen atoms in total. The van der Waals surface area contributed by atoms with Crippen molar-refractivity contribution in [2.45, 2.75) is 30.1 Å². The van der Waals surface area contributed by atoms with Gasteiger partial charge in [0.05, 0.1) is 0 Å². The lowest BCUT2D eigenvalue weighted by atomic mass is 9.87. The minimum absolute atomic E-state index is 0.499. The van der Waals surface area contributed by atoms with E-state index in [0.29, 0.717) is 3.42 Å². The monoisotopic (exact) mass is 267 g/mol. The summed E-state index contributed by atoms with van der Waals surface area (Å²) in [5.74, 6) is 0.930. The van der Waals surface area contributed by atoms with Gasteiger partial charge in [0.2, 0.25) is 0 Å². The van der Waals surface area contributed by atoms with E-state index in [1.807, 2.05) is 0 Å². The Morgan fingerprint density at radius 2 is 1.73 bits per heavy atom. The predicted molar refractivity (Wildman–Crippen MR) is 58.3 cm³/mol. The molecule has 1 rings (SSSR count). The number of nitrogens with zero attached hydrogens (tertiary/aromatic N) is 1. The van der Waals surface area contributed by atoms with E-state index >= 15 is 0 Å². The summed E-state index contributed by atoms with van der Waals surface area (Å²) in [5, 5.41) is 0. The van der Waals surface area contributed by atoms with Gasteiger partial charge in [-0.25, -0.2) is 0 Å². The third kappa shape index (κ3) is 2.90. The van der Waals surface area contributed by atoms with Gasteiger partial charge in [-0.1, -0.05) is 36.4 Å². The molecule has 1 fully saturated rings. The van der Waals surface area contributed by atoms with Crippen molar-refractivity contribution >= 4 is 22.6 Å². The van der Waals surface area contributed by atoms with Crippen LogP contribution < -0.4 is 0 Å². The average molecular weight is 267 g/mol. The minimum atomic E-state index is 0.499. The van der Waals surface area contributed by atoms with E-state index in [-0.39, 0.29) is 0 Å². The zero-order valence-electron chi connectivity index (χ0n) is 7.73. The van der Waals surface area contributed by atoms with Gasteiger partial charge in [-0.05, 0) is 38.9 Å². The lowest BCUT2D eigenvalue weighted by Crippen LogP contribution is -2.37. The highest BCUT2D eigenvalue weighted by Gasteiger charge is 2.28. The summed E-state index contributed by atoms with van der Waals surface area (Å²) in [6.07, 6.45) is 2.76. The number of piperidine rings is 1. The molecule has 0 aromatic heterocycles. The van der Waals surface area contributed by atoms with Crippen LogP contribution in [0.3, 0.4) is 0 Å². The van der Waals surface area contributed by atoms with Gasteiger partial charge >= 0.3 is 0 Å². The second-order valence-corrected chi connectivity index (χ2v) is 6.92. The summed E-state index contributed by atoms with van der Waals surface area (Å²) < 4.78 is 0.499. The fourth-order valence-corrected chi connectivity index (χ4v) is 2.32. The zero-order valence-corrected chi connectivity index (χ0v) is 9.89. The van der Waals surface area contributed by atoms with Gasteiger partial charge in [-0.3, -0.25) is 0 Å². The number of hydrogen-bond donors (Lipinski definition) is 0. The molecule has 0 spiro atoms. The Bertz CT molecular complexity index is 120. The lowest BCUT2D eigenvalue weighted by molar-refractivity contribution is 0.202. The van der Waals surface area contributed by atoms with E-state index in [1.54, 1.807) is 0 Å². The van der Waals surface area contributed by atoms with Crippen molar-refractivity contribution in [3.05, 3.63) is 0 Å². The summed E-state index contributed by atoms with van der Waals surface area (Å²) in [6.45, 7) is 7.28. The molecule has 11 heavy (non-hydrogen) atoms. The van der Waals surface area contributed by atoms with E-state index in [0.717, 1.165) is 5.92 Å². The average Bonchev–Trinajstić information content (AvgIpc) is 1.86. The van der Waals surface area contributed by atoms with Gasteiger partial charge in [0.1, 0.15) is 0 Å². The fraction of sp³-hybridized carbons (Fsp3) is 1.00. The fourth-order valence-electron chi connectivity index (χ4n) is 1.70. The first-order valence-corrected chi connectivity index (χ1v) is 5.45. The van der Waals surface area contributed by atoms with Crippen molar-refractivity contribution in [2.24, 2.45) is 5.92 Å². The maximum Gasteiger partial charge on any atom is 0.0195 e. The molecule has 1 aliphatic heterocycles. The van der Waals surface area contributed by atoms with Gasteiger partial charge < -0.3 is 4.90 Å². The maximum absolute atomic E-state index is 2.58. The van der Waals surface area contributed by atoms with E-state index in [2.05, 4.69) is 48.4 Å². The van der Waals surface area contributed by atoms with Gasteiger partial charge in [0, 0.05) is 3.42 Å². The normalized spacial score (nSPS) is 24.0. The molecule has 1 saturated heterocycles. The molecule has 0 bridgehead atoms. The molecule has 0 aromatic carbocycles. The topological polar surface area (TPSA) is 3.24 Å². The van der Waals surface area contributed by atoms with Crippen LogP contribution in [0.25, 0.3) is 0 Å². The number of likely N-dealkylation sites (tertiary alicyclic amines) is 1. The minimum Gasteiger partial charge on any atom is -0.306 e. The van der Waals surface area contributed by atoms with E-state index < -0.39 is 0 Å². The third-order valence-electron chi connectivity index (χ3n) is 2.69. The van der Waals surface area contributed by atoms with Crippen LogP contribution in [0.4, 0.5) is 0 Å². The molecule has 0 radical (unpaired) electrons. The molecule has 0 atom stereocenters. The Morgan fingerprint density at radius 3 is 2.09 bits per heavy atom. The molecule has 0 saturated carbocycles. The lowest BCUT2D eigenvalue weighted by Gasteiger charge is -2.36. The highest BCUT2D eigenvalue weighted by molar-refractivity contribution is 14.1. The molecule has 0 N–H and O–H groups in total.